The molecule has 1 N–H and O–H groups in total. The van der Waals surface area contributed by atoms with E-state index in [0.717, 1.165) is 24.7 Å². The van der Waals surface area contributed by atoms with Crippen LogP contribution in [0.5, 0.6) is 0 Å². The molecule has 0 saturated carbocycles. The number of nitrogens with one attached hydrogen (secondary N) is 1. The number of hydrogen-bond acceptors (Lipinski definition) is 3. The fourth-order valence-corrected chi connectivity index (χ4v) is 3.09. The molecule has 2 atom stereocenters. The van der Waals surface area contributed by atoms with Crippen molar-refractivity contribution >= 4 is 35.3 Å². The van der Waals surface area contributed by atoms with Gasteiger partial charge in [0.15, 0.2) is 0 Å². The van der Waals surface area contributed by atoms with Crippen LogP contribution >= 0.6 is 35.3 Å². The summed E-state index contributed by atoms with van der Waals surface area (Å²) in [6, 6.07) is 3.13. The van der Waals surface area contributed by atoms with Crippen molar-refractivity contribution in [3.63, 3.8) is 0 Å². The molecule has 1 fully saturated rings. The molecule has 0 aromatic carbocycles. The lowest BCUT2D eigenvalue weighted by molar-refractivity contribution is 0.132. The molecule has 1 aliphatic heterocycles. The summed E-state index contributed by atoms with van der Waals surface area (Å²) in [5.41, 5.74) is 0. The van der Waals surface area contributed by atoms with Gasteiger partial charge in [0.05, 0.1) is 5.02 Å². The Hall–Kier alpha value is 0.200. The van der Waals surface area contributed by atoms with E-state index in [0.29, 0.717) is 12.1 Å². The van der Waals surface area contributed by atoms with Gasteiger partial charge in [-0.15, -0.1) is 23.7 Å². The Bertz CT molecular complexity index is 330. The minimum atomic E-state index is 0. The molecule has 2 heterocycles. The monoisotopic (exact) mass is 280 g/mol. The van der Waals surface area contributed by atoms with E-state index in [9.17, 15) is 0 Å². The summed E-state index contributed by atoms with van der Waals surface area (Å²) in [7, 11) is 0. The smallest absolute Gasteiger partial charge is 0.0558 e. The quantitative estimate of drug-likeness (QED) is 0.896. The van der Waals surface area contributed by atoms with Crippen molar-refractivity contribution in [1.29, 1.82) is 0 Å². The van der Waals surface area contributed by atoms with Crippen molar-refractivity contribution in [1.82, 2.24) is 10.2 Å². The Morgan fingerprint density at radius 2 is 2.31 bits per heavy atom. The number of rotatable bonds is 2. The molecule has 0 spiro atoms. The summed E-state index contributed by atoms with van der Waals surface area (Å²) >= 11 is 7.86. The second kappa shape index (κ2) is 6.22. The molecule has 0 aliphatic carbocycles. The summed E-state index contributed by atoms with van der Waals surface area (Å²) in [5.74, 6) is 0. The molecule has 0 radical (unpaired) electrons. The van der Waals surface area contributed by atoms with E-state index in [1.807, 2.05) is 6.07 Å². The Balaban J connectivity index is 0.00000128. The predicted molar refractivity (Wildman–Crippen MR) is 73.9 cm³/mol. The van der Waals surface area contributed by atoms with Crippen LogP contribution in [-0.4, -0.2) is 30.1 Å². The van der Waals surface area contributed by atoms with Crippen LogP contribution in [-0.2, 0) is 6.54 Å². The van der Waals surface area contributed by atoms with Gasteiger partial charge in [0.25, 0.3) is 0 Å². The first-order chi connectivity index (χ1) is 7.18. The maximum absolute atomic E-state index is 6.11. The van der Waals surface area contributed by atoms with Gasteiger partial charge in [-0.2, -0.15) is 0 Å². The number of piperazine rings is 1. The third kappa shape index (κ3) is 3.11. The van der Waals surface area contributed by atoms with Crippen LogP contribution < -0.4 is 5.32 Å². The molecular formula is C11H18Cl2N2S. The number of halogens is 2. The van der Waals surface area contributed by atoms with Gasteiger partial charge in [-0.3, -0.25) is 4.90 Å². The highest BCUT2D eigenvalue weighted by Crippen LogP contribution is 2.25. The Morgan fingerprint density at radius 1 is 1.56 bits per heavy atom. The molecular weight excluding hydrogens is 263 g/mol. The van der Waals surface area contributed by atoms with Crippen LogP contribution in [0, 0.1) is 0 Å². The van der Waals surface area contributed by atoms with Crippen LogP contribution in [0.15, 0.2) is 11.4 Å². The summed E-state index contributed by atoms with van der Waals surface area (Å²) in [6.07, 6.45) is 0. The summed E-state index contributed by atoms with van der Waals surface area (Å²) < 4.78 is 0. The van der Waals surface area contributed by atoms with Crippen LogP contribution in [0.2, 0.25) is 5.02 Å². The van der Waals surface area contributed by atoms with Crippen molar-refractivity contribution in [2.75, 3.05) is 13.1 Å². The lowest BCUT2D eigenvalue weighted by atomic mass is 10.1. The highest BCUT2D eigenvalue weighted by molar-refractivity contribution is 7.10. The van der Waals surface area contributed by atoms with Crippen LogP contribution in [0.3, 0.4) is 0 Å². The molecule has 1 saturated heterocycles. The van der Waals surface area contributed by atoms with E-state index in [2.05, 4.69) is 29.4 Å². The number of hydrogen-bond donors (Lipinski definition) is 1. The van der Waals surface area contributed by atoms with E-state index in [1.165, 1.54) is 4.88 Å². The van der Waals surface area contributed by atoms with E-state index in [-0.39, 0.29) is 12.4 Å². The van der Waals surface area contributed by atoms with Gasteiger partial charge in [0.2, 0.25) is 0 Å². The molecule has 92 valence electrons. The Morgan fingerprint density at radius 3 is 2.94 bits per heavy atom. The van der Waals surface area contributed by atoms with Crippen LogP contribution in [0.1, 0.15) is 18.7 Å². The zero-order valence-corrected chi connectivity index (χ0v) is 12.0. The number of nitrogens with zero attached hydrogens (tertiary/aromatic N) is 1. The van der Waals surface area contributed by atoms with Crippen molar-refractivity contribution in [2.24, 2.45) is 0 Å². The SMILES string of the molecule is CC1NCCN(Cc2sccc2Cl)C1C.Cl. The molecule has 0 amide bonds. The van der Waals surface area contributed by atoms with E-state index in [1.54, 1.807) is 11.3 Å². The van der Waals surface area contributed by atoms with Gasteiger partial charge in [0.1, 0.15) is 0 Å². The fourth-order valence-electron chi connectivity index (χ4n) is 1.97. The average Bonchev–Trinajstić information content (AvgIpc) is 2.60. The highest BCUT2D eigenvalue weighted by Gasteiger charge is 2.24. The normalized spacial score (nSPS) is 26.4. The molecule has 2 nitrogen and oxygen atoms in total. The molecule has 1 aromatic heterocycles. The maximum Gasteiger partial charge on any atom is 0.0558 e. The largest absolute Gasteiger partial charge is 0.311 e. The van der Waals surface area contributed by atoms with Crippen molar-refractivity contribution in [3.05, 3.63) is 21.3 Å². The van der Waals surface area contributed by atoms with Crippen molar-refractivity contribution in [2.45, 2.75) is 32.5 Å². The Kier molecular flexibility index (Phi) is 5.54. The zero-order valence-electron chi connectivity index (χ0n) is 9.57. The lowest BCUT2D eigenvalue weighted by Gasteiger charge is -2.38. The van der Waals surface area contributed by atoms with Gasteiger partial charge in [0, 0.05) is 36.6 Å². The average molecular weight is 281 g/mol. The molecule has 5 heteroatoms. The third-order valence-electron chi connectivity index (χ3n) is 3.20. The first kappa shape index (κ1) is 14.3. The first-order valence-electron chi connectivity index (χ1n) is 5.38. The standard InChI is InChI=1S/C11H17ClN2S.ClH/c1-8-9(2)14(5-4-13-8)7-11-10(12)3-6-15-11;/h3,6,8-9,13H,4-5,7H2,1-2H3;1H. The van der Waals surface area contributed by atoms with Gasteiger partial charge in [-0.25, -0.2) is 0 Å². The van der Waals surface area contributed by atoms with E-state index < -0.39 is 0 Å². The highest BCUT2D eigenvalue weighted by atomic mass is 35.5. The molecule has 1 aliphatic rings. The first-order valence-corrected chi connectivity index (χ1v) is 6.63. The third-order valence-corrected chi connectivity index (χ3v) is 4.57. The van der Waals surface area contributed by atoms with E-state index >= 15 is 0 Å². The fraction of sp³-hybridized carbons (Fsp3) is 0.636. The Labute approximate surface area is 112 Å². The molecule has 1 aromatic rings. The minimum Gasteiger partial charge on any atom is -0.311 e. The van der Waals surface area contributed by atoms with Crippen LogP contribution in [0.25, 0.3) is 0 Å². The second-order valence-corrected chi connectivity index (χ2v) is 5.55. The van der Waals surface area contributed by atoms with Gasteiger partial charge < -0.3 is 5.32 Å². The van der Waals surface area contributed by atoms with Crippen LogP contribution in [0.4, 0.5) is 0 Å². The lowest BCUT2D eigenvalue weighted by Crippen LogP contribution is -2.54. The van der Waals surface area contributed by atoms with E-state index in [4.69, 9.17) is 11.6 Å². The molecule has 0 bridgehead atoms. The van der Waals surface area contributed by atoms with Crippen molar-refractivity contribution < 1.29 is 0 Å². The van der Waals surface area contributed by atoms with Gasteiger partial charge in [-0.05, 0) is 25.3 Å². The minimum absolute atomic E-state index is 0. The maximum atomic E-state index is 6.11. The summed E-state index contributed by atoms with van der Waals surface area (Å²) in [6.45, 7) is 7.70. The van der Waals surface area contributed by atoms with Crippen molar-refractivity contribution in [3.8, 4) is 0 Å². The molecule has 2 rings (SSSR count). The zero-order chi connectivity index (χ0) is 10.8. The topological polar surface area (TPSA) is 15.3 Å². The molecule has 16 heavy (non-hydrogen) atoms. The van der Waals surface area contributed by atoms with Gasteiger partial charge in [-0.1, -0.05) is 11.6 Å². The van der Waals surface area contributed by atoms with Gasteiger partial charge >= 0.3 is 0 Å². The summed E-state index contributed by atoms with van der Waals surface area (Å²) in [4.78, 5) is 3.79. The molecule has 2 unspecified atom stereocenters. The second-order valence-electron chi connectivity index (χ2n) is 4.15. The number of thiophene rings is 1. The summed E-state index contributed by atoms with van der Waals surface area (Å²) in [5, 5.41) is 6.46. The predicted octanol–water partition coefficient (Wildman–Crippen LogP) is 3.01.